The molecule has 1 aliphatic carbocycles. The van der Waals surface area contributed by atoms with E-state index in [1.165, 1.54) is 0 Å². The van der Waals surface area contributed by atoms with E-state index in [1.807, 2.05) is 6.92 Å². The Morgan fingerprint density at radius 1 is 1.57 bits per heavy atom. The average molecular weight is 99.9 g/mol. The van der Waals surface area contributed by atoms with Crippen molar-refractivity contribution in [2.24, 2.45) is 5.92 Å². The highest BCUT2D eigenvalue weighted by molar-refractivity contribution is 6.44. The van der Waals surface area contributed by atoms with Crippen LogP contribution in [-0.4, -0.2) is 17.2 Å². The molecule has 0 aromatic carbocycles. The van der Waals surface area contributed by atoms with Gasteiger partial charge in [0.05, 0.1) is 0 Å². The van der Waals surface area contributed by atoms with E-state index in [1.54, 1.807) is 0 Å². The molecule has 0 amide bonds. The predicted molar refractivity (Wildman–Crippen MR) is 27.7 cm³/mol. The largest absolute Gasteiger partial charge is 0.455 e. The maximum atomic E-state index is 8.42. The van der Waals surface area contributed by atoms with E-state index < -0.39 is 7.12 Å². The standard InChI is InChI=1S/C4H9BO2/c1-3-2-4(3)5(6)7/h3-4,6-7H,2H2,1H3/t3-,4?/m1/s1. The zero-order valence-electron chi connectivity index (χ0n) is 4.33. The third-order valence-electron chi connectivity index (χ3n) is 1.55. The van der Waals surface area contributed by atoms with Gasteiger partial charge in [0.2, 0.25) is 0 Å². The minimum absolute atomic E-state index is 0.181. The minimum atomic E-state index is -1.06. The average Bonchev–Trinajstić information content (AvgIpc) is 2.17. The normalized spacial score (nSPS) is 38.1. The molecule has 0 aromatic heterocycles. The maximum Gasteiger partial charge on any atom is 0.455 e. The van der Waals surface area contributed by atoms with Gasteiger partial charge in [0.15, 0.2) is 0 Å². The summed E-state index contributed by atoms with van der Waals surface area (Å²) in [4.78, 5) is 0. The van der Waals surface area contributed by atoms with E-state index in [9.17, 15) is 0 Å². The molecular weight excluding hydrogens is 90.9 g/mol. The third-order valence-corrected chi connectivity index (χ3v) is 1.55. The van der Waals surface area contributed by atoms with Gasteiger partial charge in [-0.2, -0.15) is 0 Å². The van der Waals surface area contributed by atoms with Gasteiger partial charge in [-0.25, -0.2) is 0 Å². The lowest BCUT2D eigenvalue weighted by molar-refractivity contribution is 0.401. The first-order valence-electron chi connectivity index (χ1n) is 2.58. The Morgan fingerprint density at radius 2 is 2.00 bits per heavy atom. The molecule has 0 aromatic rings. The van der Waals surface area contributed by atoms with Gasteiger partial charge < -0.3 is 10.0 Å². The molecule has 2 nitrogen and oxygen atoms in total. The summed E-state index contributed by atoms with van der Waals surface area (Å²) < 4.78 is 0. The predicted octanol–water partition coefficient (Wildman–Crippen LogP) is -0.131. The second-order valence-electron chi connectivity index (χ2n) is 2.29. The van der Waals surface area contributed by atoms with Crippen LogP contribution in [0.2, 0.25) is 5.82 Å². The van der Waals surface area contributed by atoms with E-state index in [-0.39, 0.29) is 5.82 Å². The number of hydrogen-bond acceptors (Lipinski definition) is 2. The van der Waals surface area contributed by atoms with Crippen molar-refractivity contribution in [3.8, 4) is 0 Å². The van der Waals surface area contributed by atoms with E-state index >= 15 is 0 Å². The summed E-state index contributed by atoms with van der Waals surface area (Å²) in [5.74, 6) is 0.722. The summed E-state index contributed by atoms with van der Waals surface area (Å²) in [6.07, 6.45) is 0.984. The Bertz CT molecular complexity index is 74.1. The van der Waals surface area contributed by atoms with Crippen molar-refractivity contribution >= 4 is 7.12 Å². The third kappa shape index (κ3) is 0.953. The molecule has 1 fully saturated rings. The fraction of sp³-hybridized carbons (Fsp3) is 1.00. The Morgan fingerprint density at radius 3 is 2.00 bits per heavy atom. The SMILES string of the molecule is C[C@@H]1CC1B(O)O. The monoisotopic (exact) mass is 100 g/mol. The Hall–Kier alpha value is -0.0151. The molecule has 2 N–H and O–H groups in total. The minimum Gasteiger partial charge on any atom is -0.427 e. The van der Waals surface area contributed by atoms with Crippen LogP contribution >= 0.6 is 0 Å². The molecule has 0 bridgehead atoms. The lowest BCUT2D eigenvalue weighted by Crippen LogP contribution is -2.10. The maximum absolute atomic E-state index is 8.42. The van der Waals surface area contributed by atoms with Gasteiger partial charge in [-0.3, -0.25) is 0 Å². The van der Waals surface area contributed by atoms with Crippen molar-refractivity contribution in [3.05, 3.63) is 0 Å². The molecule has 1 saturated carbocycles. The quantitative estimate of drug-likeness (QED) is 0.450. The van der Waals surface area contributed by atoms with Gasteiger partial charge in [-0.1, -0.05) is 6.92 Å². The molecule has 0 aliphatic heterocycles. The van der Waals surface area contributed by atoms with Gasteiger partial charge in [0, 0.05) is 0 Å². The van der Waals surface area contributed by atoms with E-state index in [0.29, 0.717) is 5.92 Å². The van der Waals surface area contributed by atoms with Crippen LogP contribution in [0.5, 0.6) is 0 Å². The number of hydrogen-bond donors (Lipinski definition) is 2. The van der Waals surface area contributed by atoms with Crippen LogP contribution in [0.25, 0.3) is 0 Å². The summed E-state index contributed by atoms with van der Waals surface area (Å²) in [7, 11) is -1.06. The molecule has 0 saturated heterocycles. The van der Waals surface area contributed by atoms with Crippen LogP contribution in [-0.2, 0) is 0 Å². The first-order chi connectivity index (χ1) is 3.22. The highest BCUT2D eigenvalue weighted by Gasteiger charge is 2.41. The van der Waals surface area contributed by atoms with Crippen molar-refractivity contribution in [2.45, 2.75) is 19.2 Å². The molecule has 3 heteroatoms. The van der Waals surface area contributed by atoms with Gasteiger partial charge in [-0.15, -0.1) is 0 Å². The highest BCUT2D eigenvalue weighted by Crippen LogP contribution is 2.44. The van der Waals surface area contributed by atoms with Crippen LogP contribution in [0, 0.1) is 5.92 Å². The molecule has 2 atom stereocenters. The van der Waals surface area contributed by atoms with Gasteiger partial charge in [-0.05, 0) is 18.2 Å². The van der Waals surface area contributed by atoms with E-state index in [0.717, 1.165) is 6.42 Å². The number of rotatable bonds is 1. The molecule has 7 heavy (non-hydrogen) atoms. The van der Waals surface area contributed by atoms with Crippen LogP contribution in [0.1, 0.15) is 13.3 Å². The lowest BCUT2D eigenvalue weighted by Gasteiger charge is -1.88. The fourth-order valence-electron chi connectivity index (χ4n) is 0.766. The molecule has 0 spiro atoms. The fourth-order valence-corrected chi connectivity index (χ4v) is 0.766. The summed E-state index contributed by atoms with van der Waals surface area (Å²) in [6.45, 7) is 2.02. The van der Waals surface area contributed by atoms with Crippen molar-refractivity contribution < 1.29 is 10.0 Å². The van der Waals surface area contributed by atoms with Crippen LogP contribution in [0.15, 0.2) is 0 Å². The van der Waals surface area contributed by atoms with Gasteiger partial charge in [0.25, 0.3) is 0 Å². The zero-order chi connectivity index (χ0) is 5.44. The first-order valence-corrected chi connectivity index (χ1v) is 2.58. The molecule has 1 unspecified atom stereocenters. The summed E-state index contributed by atoms with van der Waals surface area (Å²) in [6, 6.07) is 0. The van der Waals surface area contributed by atoms with E-state index in [4.69, 9.17) is 10.0 Å². The molecule has 40 valence electrons. The van der Waals surface area contributed by atoms with Crippen LogP contribution in [0.3, 0.4) is 0 Å². The summed E-state index contributed by atoms with van der Waals surface area (Å²) in [5, 5.41) is 16.8. The molecular formula is C4H9BO2. The molecule has 0 radical (unpaired) electrons. The van der Waals surface area contributed by atoms with Gasteiger partial charge >= 0.3 is 7.12 Å². The zero-order valence-corrected chi connectivity index (χ0v) is 4.33. The van der Waals surface area contributed by atoms with Crippen molar-refractivity contribution in [1.29, 1.82) is 0 Å². The smallest absolute Gasteiger partial charge is 0.427 e. The van der Waals surface area contributed by atoms with Crippen LogP contribution < -0.4 is 0 Å². The van der Waals surface area contributed by atoms with Gasteiger partial charge in [0.1, 0.15) is 0 Å². The van der Waals surface area contributed by atoms with Crippen molar-refractivity contribution in [1.82, 2.24) is 0 Å². The van der Waals surface area contributed by atoms with E-state index in [2.05, 4.69) is 0 Å². The molecule has 1 rings (SSSR count). The summed E-state index contributed by atoms with van der Waals surface area (Å²) in [5.41, 5.74) is 0. The first kappa shape index (κ1) is 5.13. The second-order valence-corrected chi connectivity index (χ2v) is 2.29. The molecule has 0 heterocycles. The Labute approximate surface area is 43.3 Å². The Kier molecular flexibility index (Phi) is 1.09. The topological polar surface area (TPSA) is 40.5 Å². The lowest BCUT2D eigenvalue weighted by atomic mass is 9.82. The van der Waals surface area contributed by atoms with Crippen molar-refractivity contribution in [3.63, 3.8) is 0 Å². The molecule has 1 aliphatic rings. The van der Waals surface area contributed by atoms with Crippen molar-refractivity contribution in [2.75, 3.05) is 0 Å². The Balaban J connectivity index is 2.20. The van der Waals surface area contributed by atoms with Crippen LogP contribution in [0.4, 0.5) is 0 Å². The highest BCUT2D eigenvalue weighted by atomic mass is 16.4. The second kappa shape index (κ2) is 1.49. The summed E-state index contributed by atoms with van der Waals surface area (Å²) >= 11 is 0.